The van der Waals surface area contributed by atoms with Gasteiger partial charge in [-0.3, -0.25) is 0 Å². The van der Waals surface area contributed by atoms with Crippen molar-refractivity contribution in [2.24, 2.45) is 0 Å². The lowest BCUT2D eigenvalue weighted by Gasteiger charge is -2.16. The third-order valence-electron chi connectivity index (χ3n) is 3.80. The van der Waals surface area contributed by atoms with Gasteiger partial charge in [0.1, 0.15) is 6.61 Å². The average Bonchev–Trinajstić information content (AvgIpc) is 2.60. The molecule has 0 amide bonds. The Morgan fingerprint density at radius 1 is 1.08 bits per heavy atom. The van der Waals surface area contributed by atoms with Gasteiger partial charge in [0, 0.05) is 34.7 Å². The summed E-state index contributed by atoms with van der Waals surface area (Å²) in [7, 11) is 4.13. The molecule has 0 bridgehead atoms. The second kappa shape index (κ2) is 10.8. The summed E-state index contributed by atoms with van der Waals surface area (Å²) in [6, 6.07) is 11.7. The average molecular weight is 442 g/mol. The lowest BCUT2D eigenvalue weighted by Crippen LogP contribution is -2.26. The zero-order chi connectivity index (χ0) is 18.9. The van der Waals surface area contributed by atoms with E-state index < -0.39 is 0 Å². The highest BCUT2D eigenvalue weighted by atomic mass is 79.9. The molecule has 0 fully saturated rings. The first-order valence-electron chi connectivity index (χ1n) is 8.68. The summed E-state index contributed by atoms with van der Waals surface area (Å²) in [5.41, 5.74) is 2.08. The second-order valence-electron chi connectivity index (χ2n) is 6.18. The summed E-state index contributed by atoms with van der Waals surface area (Å²) in [5, 5.41) is 4.14. The normalized spacial score (nSPS) is 11.0. The molecule has 0 aliphatic rings. The first-order chi connectivity index (χ1) is 12.5. The Balaban J connectivity index is 2.08. The smallest absolute Gasteiger partial charge is 0.162 e. The molecule has 0 heterocycles. The number of likely N-dealkylation sites (N-methyl/N-ethyl adjacent to an activating group) is 1. The molecule has 2 aromatic carbocycles. The van der Waals surface area contributed by atoms with Gasteiger partial charge in [0.15, 0.2) is 11.5 Å². The number of hydrogen-bond acceptors (Lipinski definition) is 4. The van der Waals surface area contributed by atoms with E-state index in [1.165, 1.54) is 0 Å². The van der Waals surface area contributed by atoms with E-state index in [0.29, 0.717) is 24.0 Å². The molecule has 26 heavy (non-hydrogen) atoms. The number of rotatable bonds is 10. The van der Waals surface area contributed by atoms with E-state index >= 15 is 0 Å². The van der Waals surface area contributed by atoms with Crippen molar-refractivity contribution in [2.45, 2.75) is 20.1 Å². The SMILES string of the molecule is CCOc1cc(CNCCN(C)C)c(Br)cc1OCc1ccccc1Cl. The summed E-state index contributed by atoms with van der Waals surface area (Å²) in [6.07, 6.45) is 0. The van der Waals surface area contributed by atoms with Crippen LogP contribution in [0.2, 0.25) is 5.02 Å². The summed E-state index contributed by atoms with van der Waals surface area (Å²) in [4.78, 5) is 2.15. The minimum Gasteiger partial charge on any atom is -0.490 e. The molecule has 2 aromatic rings. The van der Waals surface area contributed by atoms with Crippen LogP contribution in [0.15, 0.2) is 40.9 Å². The van der Waals surface area contributed by atoms with Gasteiger partial charge in [-0.25, -0.2) is 0 Å². The van der Waals surface area contributed by atoms with E-state index in [0.717, 1.165) is 41.0 Å². The molecule has 142 valence electrons. The molecular formula is C20H26BrClN2O2. The fourth-order valence-electron chi connectivity index (χ4n) is 2.39. The third kappa shape index (κ3) is 6.47. The predicted molar refractivity (Wildman–Crippen MR) is 111 cm³/mol. The highest BCUT2D eigenvalue weighted by Crippen LogP contribution is 2.34. The van der Waals surface area contributed by atoms with Crippen LogP contribution in [-0.2, 0) is 13.2 Å². The molecule has 2 rings (SSSR count). The summed E-state index contributed by atoms with van der Waals surface area (Å²) in [5.74, 6) is 1.45. The maximum atomic E-state index is 6.21. The van der Waals surface area contributed by atoms with Crippen molar-refractivity contribution >= 4 is 27.5 Å². The lowest BCUT2D eigenvalue weighted by atomic mass is 10.2. The topological polar surface area (TPSA) is 33.7 Å². The molecule has 1 N–H and O–H groups in total. The fourth-order valence-corrected chi connectivity index (χ4v) is 3.04. The molecule has 6 heteroatoms. The molecule has 0 aromatic heterocycles. The van der Waals surface area contributed by atoms with Crippen molar-refractivity contribution in [3.05, 3.63) is 57.0 Å². The zero-order valence-electron chi connectivity index (χ0n) is 15.5. The maximum absolute atomic E-state index is 6.21. The van der Waals surface area contributed by atoms with Crippen molar-refractivity contribution in [1.29, 1.82) is 0 Å². The number of ether oxygens (including phenoxy) is 2. The van der Waals surface area contributed by atoms with Crippen LogP contribution in [0.1, 0.15) is 18.1 Å². The Hall–Kier alpha value is -1.27. The Morgan fingerprint density at radius 2 is 1.81 bits per heavy atom. The number of halogens is 2. The van der Waals surface area contributed by atoms with Crippen LogP contribution >= 0.6 is 27.5 Å². The second-order valence-corrected chi connectivity index (χ2v) is 7.45. The van der Waals surface area contributed by atoms with Gasteiger partial charge in [-0.05, 0) is 44.8 Å². The van der Waals surface area contributed by atoms with E-state index in [-0.39, 0.29) is 0 Å². The van der Waals surface area contributed by atoms with Crippen molar-refractivity contribution in [2.75, 3.05) is 33.8 Å². The molecule has 4 nitrogen and oxygen atoms in total. The number of nitrogens with one attached hydrogen (secondary N) is 1. The van der Waals surface area contributed by atoms with Gasteiger partial charge in [-0.1, -0.05) is 45.7 Å². The third-order valence-corrected chi connectivity index (χ3v) is 4.91. The highest BCUT2D eigenvalue weighted by molar-refractivity contribution is 9.10. The van der Waals surface area contributed by atoms with Crippen LogP contribution in [0, 0.1) is 0 Å². The Kier molecular flexibility index (Phi) is 8.72. The van der Waals surface area contributed by atoms with E-state index in [9.17, 15) is 0 Å². The van der Waals surface area contributed by atoms with Crippen molar-refractivity contribution in [3.63, 3.8) is 0 Å². The number of hydrogen-bond donors (Lipinski definition) is 1. The van der Waals surface area contributed by atoms with Gasteiger partial charge in [-0.2, -0.15) is 0 Å². The van der Waals surface area contributed by atoms with Crippen molar-refractivity contribution in [1.82, 2.24) is 10.2 Å². The lowest BCUT2D eigenvalue weighted by molar-refractivity contribution is 0.269. The van der Waals surface area contributed by atoms with Crippen LogP contribution in [0.3, 0.4) is 0 Å². The molecule has 0 atom stereocenters. The van der Waals surface area contributed by atoms with Crippen molar-refractivity contribution in [3.8, 4) is 11.5 Å². The molecule has 0 aliphatic carbocycles. The van der Waals surface area contributed by atoms with Gasteiger partial charge in [0.25, 0.3) is 0 Å². The molecule has 0 aliphatic heterocycles. The minimum absolute atomic E-state index is 0.395. The van der Waals surface area contributed by atoms with Gasteiger partial charge in [0.05, 0.1) is 6.61 Å². The zero-order valence-corrected chi connectivity index (χ0v) is 17.9. The minimum atomic E-state index is 0.395. The van der Waals surface area contributed by atoms with Gasteiger partial charge in [0.2, 0.25) is 0 Å². The molecule has 0 radical (unpaired) electrons. The molecule has 0 unspecified atom stereocenters. The molecular weight excluding hydrogens is 416 g/mol. The molecule has 0 spiro atoms. The highest BCUT2D eigenvalue weighted by Gasteiger charge is 2.12. The standard InChI is InChI=1S/C20H26BrClN2O2/c1-4-25-19-11-16(13-23-9-10-24(2)3)17(21)12-20(19)26-14-15-7-5-6-8-18(15)22/h5-8,11-12,23H,4,9-10,13-14H2,1-3H3. The summed E-state index contributed by atoms with van der Waals surface area (Å²) >= 11 is 9.85. The monoisotopic (exact) mass is 440 g/mol. The first kappa shape index (κ1) is 21.0. The number of benzene rings is 2. The Labute approximate surface area is 169 Å². The van der Waals surface area contributed by atoms with Gasteiger partial charge in [-0.15, -0.1) is 0 Å². The fraction of sp³-hybridized carbons (Fsp3) is 0.400. The van der Waals surface area contributed by atoms with Crippen LogP contribution in [0.5, 0.6) is 11.5 Å². The van der Waals surface area contributed by atoms with Crippen LogP contribution < -0.4 is 14.8 Å². The Bertz CT molecular complexity index is 710. The predicted octanol–water partition coefficient (Wildman–Crippen LogP) is 4.73. The van der Waals surface area contributed by atoms with Gasteiger partial charge < -0.3 is 19.7 Å². The van der Waals surface area contributed by atoms with E-state index in [1.54, 1.807) is 0 Å². The largest absolute Gasteiger partial charge is 0.490 e. The van der Waals surface area contributed by atoms with E-state index in [4.69, 9.17) is 21.1 Å². The van der Waals surface area contributed by atoms with Crippen LogP contribution in [-0.4, -0.2) is 38.7 Å². The Morgan fingerprint density at radius 3 is 2.50 bits per heavy atom. The van der Waals surface area contributed by atoms with E-state index in [2.05, 4.69) is 40.2 Å². The summed E-state index contributed by atoms with van der Waals surface area (Å²) < 4.78 is 12.8. The van der Waals surface area contributed by atoms with Crippen molar-refractivity contribution < 1.29 is 9.47 Å². The molecule has 0 saturated carbocycles. The van der Waals surface area contributed by atoms with Crippen LogP contribution in [0.4, 0.5) is 0 Å². The first-order valence-corrected chi connectivity index (χ1v) is 9.85. The van der Waals surface area contributed by atoms with E-state index in [1.807, 2.05) is 43.3 Å². The maximum Gasteiger partial charge on any atom is 0.162 e. The quantitative estimate of drug-likeness (QED) is 0.540. The number of nitrogens with zero attached hydrogens (tertiary/aromatic N) is 1. The molecule has 0 saturated heterocycles. The van der Waals surface area contributed by atoms with Crippen LogP contribution in [0.25, 0.3) is 0 Å². The summed E-state index contributed by atoms with van der Waals surface area (Å²) in [6.45, 7) is 5.63. The van der Waals surface area contributed by atoms with Gasteiger partial charge >= 0.3 is 0 Å².